The molecule has 1 aromatic carbocycles. The topological polar surface area (TPSA) is 46.2 Å². The third kappa shape index (κ3) is 3.41. The molecule has 0 amide bonds. The molecule has 0 spiro atoms. The minimum Gasteiger partial charge on any atom is -0.207 e. The van der Waals surface area contributed by atoms with Crippen LogP contribution >= 0.6 is 27.5 Å². The third-order valence-electron chi connectivity index (χ3n) is 1.77. The van der Waals surface area contributed by atoms with Crippen molar-refractivity contribution in [1.29, 1.82) is 0 Å². The molecule has 0 saturated heterocycles. The van der Waals surface area contributed by atoms with Gasteiger partial charge in [0.05, 0.1) is 5.02 Å². The van der Waals surface area contributed by atoms with Crippen molar-refractivity contribution < 1.29 is 12.8 Å². The molecular formula is C9H10BrClFNO2S. The fraction of sp³-hybridized carbons (Fsp3) is 0.333. The van der Waals surface area contributed by atoms with Crippen molar-refractivity contribution in [2.75, 3.05) is 5.33 Å². The zero-order chi connectivity index (χ0) is 12.3. The number of rotatable bonds is 4. The lowest BCUT2D eigenvalue weighted by Gasteiger charge is -2.12. The van der Waals surface area contributed by atoms with Crippen LogP contribution in [0.25, 0.3) is 0 Å². The Kier molecular flexibility index (Phi) is 4.73. The molecule has 0 fully saturated rings. The fourth-order valence-corrected chi connectivity index (χ4v) is 3.17. The van der Waals surface area contributed by atoms with Gasteiger partial charge < -0.3 is 0 Å². The van der Waals surface area contributed by atoms with Gasteiger partial charge in [-0.2, -0.15) is 0 Å². The molecule has 90 valence electrons. The van der Waals surface area contributed by atoms with E-state index in [0.29, 0.717) is 5.33 Å². The van der Waals surface area contributed by atoms with E-state index in [9.17, 15) is 12.8 Å². The molecule has 1 rings (SSSR count). The minimum atomic E-state index is -3.78. The van der Waals surface area contributed by atoms with Crippen LogP contribution < -0.4 is 4.72 Å². The summed E-state index contributed by atoms with van der Waals surface area (Å²) in [6.45, 7) is 1.68. The van der Waals surface area contributed by atoms with Gasteiger partial charge in [0.2, 0.25) is 10.0 Å². The number of benzene rings is 1. The number of nitrogens with one attached hydrogen (secondary N) is 1. The Labute approximate surface area is 107 Å². The molecule has 3 nitrogen and oxygen atoms in total. The second-order valence-electron chi connectivity index (χ2n) is 3.25. The highest BCUT2D eigenvalue weighted by Crippen LogP contribution is 2.22. The summed E-state index contributed by atoms with van der Waals surface area (Å²) in [5.74, 6) is -0.642. The highest BCUT2D eigenvalue weighted by Gasteiger charge is 2.20. The quantitative estimate of drug-likeness (QED) is 0.862. The molecule has 0 heterocycles. The van der Waals surface area contributed by atoms with Crippen molar-refractivity contribution >= 4 is 37.6 Å². The van der Waals surface area contributed by atoms with Crippen molar-refractivity contribution in [3.63, 3.8) is 0 Å². The van der Waals surface area contributed by atoms with Crippen LogP contribution in [0.15, 0.2) is 23.1 Å². The molecule has 0 aliphatic carbocycles. The Balaban J connectivity index is 3.12. The van der Waals surface area contributed by atoms with Crippen LogP contribution in [0.2, 0.25) is 5.02 Å². The van der Waals surface area contributed by atoms with Gasteiger partial charge in [-0.05, 0) is 25.1 Å². The summed E-state index contributed by atoms with van der Waals surface area (Å²) in [6, 6.07) is 2.91. The molecule has 0 bridgehead atoms. The summed E-state index contributed by atoms with van der Waals surface area (Å²) in [7, 11) is -3.78. The molecule has 0 aliphatic heterocycles. The van der Waals surface area contributed by atoms with Crippen LogP contribution in [0.3, 0.4) is 0 Å². The first-order chi connectivity index (χ1) is 7.36. The van der Waals surface area contributed by atoms with Gasteiger partial charge >= 0.3 is 0 Å². The average molecular weight is 331 g/mol. The SMILES string of the molecule is CC(CBr)NS(=O)(=O)c1cc(F)ccc1Cl. The second-order valence-corrected chi connectivity index (χ2v) is 5.99. The standard InChI is InChI=1S/C9H10BrClFNO2S/c1-6(5-10)13-16(14,15)9-4-7(12)2-3-8(9)11/h2-4,6,13H,5H2,1H3. The van der Waals surface area contributed by atoms with E-state index in [2.05, 4.69) is 20.7 Å². The lowest BCUT2D eigenvalue weighted by molar-refractivity contribution is 0.568. The zero-order valence-electron chi connectivity index (χ0n) is 8.38. The van der Waals surface area contributed by atoms with E-state index in [1.165, 1.54) is 6.07 Å². The van der Waals surface area contributed by atoms with Gasteiger partial charge in [-0.3, -0.25) is 0 Å². The molecule has 1 aromatic rings. The van der Waals surface area contributed by atoms with Crippen molar-refractivity contribution in [1.82, 2.24) is 4.72 Å². The predicted octanol–water partition coefficient (Wildman–Crippen LogP) is 2.54. The van der Waals surface area contributed by atoms with E-state index in [4.69, 9.17) is 11.6 Å². The molecule has 0 aromatic heterocycles. The van der Waals surface area contributed by atoms with Crippen molar-refractivity contribution in [2.45, 2.75) is 17.9 Å². The van der Waals surface area contributed by atoms with Gasteiger partial charge in [-0.15, -0.1) is 0 Å². The maximum atomic E-state index is 12.9. The maximum Gasteiger partial charge on any atom is 0.242 e. The van der Waals surface area contributed by atoms with Crippen molar-refractivity contribution in [3.8, 4) is 0 Å². The summed E-state index contributed by atoms with van der Waals surface area (Å²) < 4.78 is 38.9. The van der Waals surface area contributed by atoms with Crippen LogP contribution in [0, 0.1) is 5.82 Å². The van der Waals surface area contributed by atoms with E-state index >= 15 is 0 Å². The van der Waals surface area contributed by atoms with Gasteiger partial charge in [-0.1, -0.05) is 27.5 Å². The Bertz CT molecular complexity index is 480. The minimum absolute atomic E-state index is 0.00401. The van der Waals surface area contributed by atoms with Crippen molar-refractivity contribution in [3.05, 3.63) is 29.0 Å². The van der Waals surface area contributed by atoms with Crippen LogP contribution in [0.4, 0.5) is 4.39 Å². The van der Waals surface area contributed by atoms with Crippen LogP contribution in [0.1, 0.15) is 6.92 Å². The van der Waals surface area contributed by atoms with Gasteiger partial charge in [0.15, 0.2) is 0 Å². The first-order valence-electron chi connectivity index (χ1n) is 4.40. The zero-order valence-corrected chi connectivity index (χ0v) is 11.5. The normalized spacial score (nSPS) is 13.8. The molecule has 1 N–H and O–H groups in total. The summed E-state index contributed by atoms with van der Waals surface area (Å²) in [5, 5.41) is 0.453. The Morgan fingerprint density at radius 2 is 2.19 bits per heavy atom. The molecule has 0 aliphatic rings. The van der Waals surface area contributed by atoms with Crippen LogP contribution in [0.5, 0.6) is 0 Å². The number of hydrogen-bond acceptors (Lipinski definition) is 2. The molecule has 0 radical (unpaired) electrons. The Morgan fingerprint density at radius 1 is 1.56 bits per heavy atom. The van der Waals surface area contributed by atoms with E-state index in [1.807, 2.05) is 0 Å². The number of alkyl halides is 1. The van der Waals surface area contributed by atoms with E-state index in [1.54, 1.807) is 6.92 Å². The van der Waals surface area contributed by atoms with Gasteiger partial charge in [-0.25, -0.2) is 17.5 Å². The second kappa shape index (κ2) is 5.44. The van der Waals surface area contributed by atoms with E-state index < -0.39 is 15.8 Å². The van der Waals surface area contributed by atoms with Gasteiger partial charge in [0.1, 0.15) is 10.7 Å². The van der Waals surface area contributed by atoms with E-state index in [0.717, 1.165) is 12.1 Å². The van der Waals surface area contributed by atoms with Crippen molar-refractivity contribution in [2.24, 2.45) is 0 Å². The highest BCUT2D eigenvalue weighted by molar-refractivity contribution is 9.09. The Morgan fingerprint density at radius 3 is 2.75 bits per heavy atom. The number of sulfonamides is 1. The monoisotopic (exact) mass is 329 g/mol. The maximum absolute atomic E-state index is 12.9. The third-order valence-corrected chi connectivity index (χ3v) is 4.81. The van der Waals surface area contributed by atoms with Crippen LogP contribution in [-0.4, -0.2) is 19.8 Å². The summed E-state index contributed by atoms with van der Waals surface area (Å²) in [5.41, 5.74) is 0. The van der Waals surface area contributed by atoms with Crippen LogP contribution in [-0.2, 0) is 10.0 Å². The summed E-state index contributed by atoms with van der Waals surface area (Å²) >= 11 is 8.85. The smallest absolute Gasteiger partial charge is 0.207 e. The molecule has 1 unspecified atom stereocenters. The molecular weight excluding hydrogens is 321 g/mol. The average Bonchev–Trinajstić information content (AvgIpc) is 2.20. The number of hydrogen-bond donors (Lipinski definition) is 1. The predicted molar refractivity (Wildman–Crippen MR) is 65.0 cm³/mol. The largest absolute Gasteiger partial charge is 0.242 e. The first kappa shape index (κ1) is 13.9. The summed E-state index contributed by atoms with van der Waals surface area (Å²) in [4.78, 5) is -0.248. The molecule has 1 atom stereocenters. The number of halogens is 3. The Hall–Kier alpha value is -0.170. The molecule has 16 heavy (non-hydrogen) atoms. The molecule has 7 heteroatoms. The fourth-order valence-electron chi connectivity index (χ4n) is 1.04. The lowest BCUT2D eigenvalue weighted by atomic mass is 10.3. The highest BCUT2D eigenvalue weighted by atomic mass is 79.9. The summed E-state index contributed by atoms with van der Waals surface area (Å²) in [6.07, 6.45) is 0. The lowest BCUT2D eigenvalue weighted by Crippen LogP contribution is -2.33. The van der Waals surface area contributed by atoms with Gasteiger partial charge in [0.25, 0.3) is 0 Å². The van der Waals surface area contributed by atoms with Gasteiger partial charge in [0, 0.05) is 11.4 Å². The van der Waals surface area contributed by atoms with E-state index in [-0.39, 0.29) is 16.0 Å². The molecule has 0 saturated carbocycles. The first-order valence-corrected chi connectivity index (χ1v) is 7.38.